The van der Waals surface area contributed by atoms with Crippen molar-refractivity contribution in [3.63, 3.8) is 0 Å². The lowest BCUT2D eigenvalue weighted by atomic mass is 10.1. The van der Waals surface area contributed by atoms with Gasteiger partial charge in [-0.3, -0.25) is 4.79 Å². The molecule has 0 saturated carbocycles. The number of hydrogen-bond acceptors (Lipinski definition) is 5. The number of hydrogen-bond donors (Lipinski definition) is 1. The highest BCUT2D eigenvalue weighted by Gasteiger charge is 2.19. The van der Waals surface area contributed by atoms with E-state index >= 15 is 0 Å². The molecule has 1 N–H and O–H groups in total. The van der Waals surface area contributed by atoms with Crippen molar-refractivity contribution in [2.45, 2.75) is 33.3 Å². The van der Waals surface area contributed by atoms with Crippen molar-refractivity contribution in [2.24, 2.45) is 0 Å². The lowest BCUT2D eigenvalue weighted by Gasteiger charge is -2.11. The molecule has 0 unspecified atom stereocenters. The predicted octanol–water partition coefficient (Wildman–Crippen LogP) is 5.57. The Kier molecular flexibility index (Phi) is 9.10. The van der Waals surface area contributed by atoms with E-state index in [1.807, 2.05) is 13.8 Å². The van der Waals surface area contributed by atoms with E-state index in [0.717, 1.165) is 6.42 Å². The van der Waals surface area contributed by atoms with Crippen molar-refractivity contribution < 1.29 is 19.1 Å². The Hall–Kier alpha value is -2.87. The van der Waals surface area contributed by atoms with Crippen LogP contribution in [0.5, 0.6) is 0 Å². The molecule has 34 heavy (non-hydrogen) atoms. The molecule has 1 heterocycles. The monoisotopic (exact) mass is 503 g/mol. The number of nitrogens with one attached hydrogen (secondary N) is 1. The lowest BCUT2D eigenvalue weighted by Crippen LogP contribution is -2.25. The summed E-state index contributed by atoms with van der Waals surface area (Å²) < 4.78 is 12.2. The van der Waals surface area contributed by atoms with Crippen molar-refractivity contribution in [1.82, 2.24) is 15.1 Å². The summed E-state index contributed by atoms with van der Waals surface area (Å²) >= 11 is 12.5. The largest absolute Gasteiger partial charge is 0.461 e. The molecule has 2 aromatic carbocycles. The minimum atomic E-state index is -0.537. The van der Waals surface area contributed by atoms with Crippen LogP contribution in [-0.2, 0) is 9.47 Å². The second-order valence-corrected chi connectivity index (χ2v) is 8.59. The molecule has 9 heteroatoms. The Morgan fingerprint density at radius 1 is 1.09 bits per heavy atom. The average molecular weight is 504 g/mol. The number of carbonyl (C=O) groups is 2. The van der Waals surface area contributed by atoms with Crippen molar-refractivity contribution in [3.8, 4) is 16.9 Å². The highest BCUT2D eigenvalue weighted by molar-refractivity contribution is 6.36. The standard InChI is InChI=1S/C25H27Cl2N3O4/c1-4-33-25(32)22-15-23(20-11-8-18(26)14-21(20)27)30(29-22)19-9-6-17(7-10-19)24(31)28-12-5-13-34-16(2)3/h6-11,14-16H,4-5,12-13H2,1-3H3,(H,28,31). The predicted molar refractivity (Wildman–Crippen MR) is 133 cm³/mol. The van der Waals surface area contributed by atoms with Gasteiger partial charge in [-0.2, -0.15) is 5.10 Å². The first-order valence-electron chi connectivity index (χ1n) is 11.0. The minimum Gasteiger partial charge on any atom is -0.461 e. The van der Waals surface area contributed by atoms with E-state index in [9.17, 15) is 9.59 Å². The third-order valence-electron chi connectivity index (χ3n) is 4.83. The van der Waals surface area contributed by atoms with Crippen LogP contribution in [0, 0.1) is 0 Å². The second kappa shape index (κ2) is 12.0. The van der Waals surface area contributed by atoms with E-state index in [1.54, 1.807) is 60.1 Å². The number of carbonyl (C=O) groups excluding carboxylic acids is 2. The van der Waals surface area contributed by atoms with Crippen LogP contribution in [0.15, 0.2) is 48.5 Å². The summed E-state index contributed by atoms with van der Waals surface area (Å²) in [7, 11) is 0. The molecule has 7 nitrogen and oxygen atoms in total. The maximum absolute atomic E-state index is 12.5. The van der Waals surface area contributed by atoms with Gasteiger partial charge in [-0.15, -0.1) is 0 Å². The van der Waals surface area contributed by atoms with Gasteiger partial charge < -0.3 is 14.8 Å². The summed E-state index contributed by atoms with van der Waals surface area (Å²) in [6.45, 7) is 7.02. The summed E-state index contributed by atoms with van der Waals surface area (Å²) in [6, 6.07) is 13.6. The van der Waals surface area contributed by atoms with Gasteiger partial charge in [-0.25, -0.2) is 9.48 Å². The van der Waals surface area contributed by atoms with Gasteiger partial charge in [-0.1, -0.05) is 23.2 Å². The van der Waals surface area contributed by atoms with Gasteiger partial charge in [0.2, 0.25) is 0 Å². The van der Waals surface area contributed by atoms with Gasteiger partial charge >= 0.3 is 5.97 Å². The summed E-state index contributed by atoms with van der Waals surface area (Å²) in [5.41, 5.74) is 2.55. The van der Waals surface area contributed by atoms with Crippen LogP contribution in [-0.4, -0.2) is 47.5 Å². The molecule has 1 amide bonds. The molecule has 0 spiro atoms. The molecule has 0 atom stereocenters. The van der Waals surface area contributed by atoms with Gasteiger partial charge in [0.15, 0.2) is 5.69 Å². The zero-order valence-corrected chi connectivity index (χ0v) is 20.8. The normalized spacial score (nSPS) is 11.0. The average Bonchev–Trinajstić information content (AvgIpc) is 3.24. The lowest BCUT2D eigenvalue weighted by molar-refractivity contribution is 0.0518. The Balaban J connectivity index is 1.84. The first-order chi connectivity index (χ1) is 16.3. The molecule has 0 aliphatic rings. The number of halogens is 2. The summed E-state index contributed by atoms with van der Waals surface area (Å²) in [5, 5.41) is 8.23. The third-order valence-corrected chi connectivity index (χ3v) is 5.38. The molecule has 3 aromatic rings. The Labute approximate surface area is 209 Å². The highest BCUT2D eigenvalue weighted by Crippen LogP contribution is 2.32. The number of benzene rings is 2. The molecule has 180 valence electrons. The summed E-state index contributed by atoms with van der Waals surface area (Å²) in [4.78, 5) is 24.8. The molecular weight excluding hydrogens is 477 g/mol. The van der Waals surface area contributed by atoms with Crippen LogP contribution < -0.4 is 5.32 Å². The van der Waals surface area contributed by atoms with E-state index in [2.05, 4.69) is 10.4 Å². The molecule has 0 aliphatic heterocycles. The fourth-order valence-corrected chi connectivity index (χ4v) is 3.73. The molecule has 1 aromatic heterocycles. The van der Waals surface area contributed by atoms with Crippen LogP contribution in [0.4, 0.5) is 0 Å². The topological polar surface area (TPSA) is 82.5 Å². The quantitative estimate of drug-likeness (QED) is 0.289. The maximum atomic E-state index is 12.5. The van der Waals surface area contributed by atoms with Crippen molar-refractivity contribution in [3.05, 3.63) is 69.8 Å². The Morgan fingerprint density at radius 3 is 2.47 bits per heavy atom. The van der Waals surface area contributed by atoms with Crippen LogP contribution in [0.2, 0.25) is 10.0 Å². The highest BCUT2D eigenvalue weighted by atomic mass is 35.5. The van der Waals surface area contributed by atoms with Crippen molar-refractivity contribution in [1.29, 1.82) is 0 Å². The Morgan fingerprint density at radius 2 is 1.82 bits per heavy atom. The molecule has 0 radical (unpaired) electrons. The Bertz CT molecular complexity index is 1140. The molecule has 0 bridgehead atoms. The van der Waals surface area contributed by atoms with Gasteiger partial charge in [0, 0.05) is 29.3 Å². The van der Waals surface area contributed by atoms with Gasteiger partial charge in [0.05, 0.1) is 29.1 Å². The SMILES string of the molecule is CCOC(=O)c1cc(-c2ccc(Cl)cc2Cl)n(-c2ccc(C(=O)NCCCOC(C)C)cc2)n1. The van der Waals surface area contributed by atoms with E-state index in [1.165, 1.54) is 0 Å². The molecule has 0 fully saturated rings. The number of nitrogens with zero attached hydrogens (tertiary/aromatic N) is 2. The number of aromatic nitrogens is 2. The first kappa shape index (κ1) is 25.7. The van der Waals surface area contributed by atoms with Crippen LogP contribution in [0.3, 0.4) is 0 Å². The number of amides is 1. The molecule has 0 saturated heterocycles. The minimum absolute atomic E-state index is 0.147. The van der Waals surface area contributed by atoms with E-state index < -0.39 is 5.97 Å². The molecule has 0 aliphatic carbocycles. The van der Waals surface area contributed by atoms with Crippen LogP contribution in [0.25, 0.3) is 16.9 Å². The van der Waals surface area contributed by atoms with E-state index in [-0.39, 0.29) is 24.3 Å². The molecule has 3 rings (SSSR count). The van der Waals surface area contributed by atoms with E-state index in [0.29, 0.717) is 45.7 Å². The fourth-order valence-electron chi connectivity index (χ4n) is 3.22. The summed E-state index contributed by atoms with van der Waals surface area (Å²) in [5.74, 6) is -0.713. The second-order valence-electron chi connectivity index (χ2n) is 7.75. The summed E-state index contributed by atoms with van der Waals surface area (Å²) in [6.07, 6.45) is 0.902. The van der Waals surface area contributed by atoms with Crippen LogP contribution >= 0.6 is 23.2 Å². The van der Waals surface area contributed by atoms with Gasteiger partial charge in [-0.05, 0) is 75.7 Å². The first-order valence-corrected chi connectivity index (χ1v) is 11.8. The van der Waals surface area contributed by atoms with Gasteiger partial charge in [0.25, 0.3) is 5.91 Å². The zero-order valence-electron chi connectivity index (χ0n) is 19.3. The maximum Gasteiger partial charge on any atom is 0.358 e. The van der Waals surface area contributed by atoms with E-state index in [4.69, 9.17) is 32.7 Å². The van der Waals surface area contributed by atoms with Gasteiger partial charge in [0.1, 0.15) is 0 Å². The fraction of sp³-hybridized carbons (Fsp3) is 0.320. The smallest absolute Gasteiger partial charge is 0.358 e. The zero-order chi connectivity index (χ0) is 24.7. The third kappa shape index (κ3) is 6.59. The number of rotatable bonds is 10. The number of esters is 1. The number of ether oxygens (including phenoxy) is 2. The van der Waals surface area contributed by atoms with Crippen molar-refractivity contribution in [2.75, 3.05) is 19.8 Å². The van der Waals surface area contributed by atoms with Crippen molar-refractivity contribution >= 4 is 35.1 Å². The van der Waals surface area contributed by atoms with Crippen LogP contribution in [0.1, 0.15) is 48.0 Å². The molecular formula is C25H27Cl2N3O4.